The lowest BCUT2D eigenvalue weighted by Crippen LogP contribution is -2.28. The second-order valence-corrected chi connectivity index (χ2v) is 6.69. The molecule has 2 amide bonds. The molecule has 1 saturated heterocycles. The van der Waals surface area contributed by atoms with Crippen LogP contribution in [-0.4, -0.2) is 23.3 Å². The number of hydrogen-bond acceptors (Lipinski definition) is 4. The molecule has 1 atom stereocenters. The van der Waals surface area contributed by atoms with Crippen molar-refractivity contribution in [3.8, 4) is 0 Å². The third-order valence-electron chi connectivity index (χ3n) is 3.75. The molecule has 2 heterocycles. The number of carbonyl (C=O) groups is 2. The molecule has 0 bridgehead atoms. The quantitative estimate of drug-likeness (QED) is 0.947. The zero-order valence-corrected chi connectivity index (χ0v) is 13.3. The normalized spacial score (nSPS) is 17.8. The molecule has 114 valence electrons. The molecule has 0 aliphatic carbocycles. The van der Waals surface area contributed by atoms with E-state index >= 15 is 0 Å². The first kappa shape index (κ1) is 14.7. The Balaban J connectivity index is 1.71. The minimum atomic E-state index is -0.337. The minimum Gasteiger partial charge on any atom is -0.311 e. The molecule has 1 aromatic heterocycles. The van der Waals surface area contributed by atoms with Gasteiger partial charge in [-0.3, -0.25) is 9.59 Å². The molecular weight excluding hydrogens is 298 g/mol. The van der Waals surface area contributed by atoms with Crippen molar-refractivity contribution >= 4 is 34.0 Å². The van der Waals surface area contributed by atoms with Gasteiger partial charge in [0, 0.05) is 29.7 Å². The second kappa shape index (κ2) is 5.88. The van der Waals surface area contributed by atoms with Crippen LogP contribution in [0.1, 0.15) is 16.9 Å². The molecule has 1 aliphatic rings. The van der Waals surface area contributed by atoms with Crippen LogP contribution < -0.4 is 10.2 Å². The molecule has 1 aromatic carbocycles. The zero-order chi connectivity index (χ0) is 15.7. The fraction of sp³-hybridized carbons (Fsp3) is 0.312. The van der Waals surface area contributed by atoms with Crippen LogP contribution in [0.15, 0.2) is 30.5 Å². The van der Waals surface area contributed by atoms with E-state index < -0.39 is 0 Å². The van der Waals surface area contributed by atoms with Crippen LogP contribution in [-0.2, 0) is 9.59 Å². The van der Waals surface area contributed by atoms with E-state index in [0.717, 1.165) is 16.1 Å². The van der Waals surface area contributed by atoms with Gasteiger partial charge in [0.15, 0.2) is 5.13 Å². The Kier molecular flexibility index (Phi) is 3.94. The van der Waals surface area contributed by atoms with Crippen molar-refractivity contribution < 1.29 is 9.59 Å². The SMILES string of the molecule is Cc1cnc(NC(=O)[C@@H]2CC(=O)N(c3ccccc3C)C2)s1. The summed E-state index contributed by atoms with van der Waals surface area (Å²) in [5.74, 6) is -0.486. The Labute approximate surface area is 133 Å². The van der Waals surface area contributed by atoms with Crippen molar-refractivity contribution in [3.63, 3.8) is 0 Å². The van der Waals surface area contributed by atoms with Gasteiger partial charge in [-0.25, -0.2) is 4.98 Å². The predicted molar refractivity (Wildman–Crippen MR) is 87.1 cm³/mol. The Morgan fingerprint density at radius 1 is 1.36 bits per heavy atom. The highest BCUT2D eigenvalue weighted by Gasteiger charge is 2.35. The fourth-order valence-electron chi connectivity index (χ4n) is 2.60. The summed E-state index contributed by atoms with van der Waals surface area (Å²) in [6.07, 6.45) is 1.96. The van der Waals surface area contributed by atoms with E-state index in [1.165, 1.54) is 11.3 Å². The second-order valence-electron chi connectivity index (χ2n) is 5.46. The highest BCUT2D eigenvalue weighted by Crippen LogP contribution is 2.28. The van der Waals surface area contributed by atoms with Gasteiger partial charge in [-0.1, -0.05) is 18.2 Å². The number of thiazole rings is 1. The zero-order valence-electron chi connectivity index (χ0n) is 12.5. The van der Waals surface area contributed by atoms with E-state index in [-0.39, 0.29) is 24.2 Å². The number of anilines is 2. The maximum atomic E-state index is 12.3. The van der Waals surface area contributed by atoms with Crippen molar-refractivity contribution in [1.29, 1.82) is 0 Å². The first-order chi connectivity index (χ1) is 10.5. The van der Waals surface area contributed by atoms with Gasteiger partial charge in [0.1, 0.15) is 0 Å². The van der Waals surface area contributed by atoms with Crippen molar-refractivity contribution in [2.24, 2.45) is 5.92 Å². The number of hydrogen-bond donors (Lipinski definition) is 1. The summed E-state index contributed by atoms with van der Waals surface area (Å²) in [7, 11) is 0. The van der Waals surface area contributed by atoms with E-state index in [1.54, 1.807) is 11.1 Å². The van der Waals surface area contributed by atoms with E-state index in [0.29, 0.717) is 11.7 Å². The predicted octanol–water partition coefficient (Wildman–Crippen LogP) is 2.75. The largest absolute Gasteiger partial charge is 0.311 e. The molecule has 22 heavy (non-hydrogen) atoms. The van der Waals surface area contributed by atoms with Gasteiger partial charge in [0.2, 0.25) is 11.8 Å². The highest BCUT2D eigenvalue weighted by atomic mass is 32.1. The number of amides is 2. The molecule has 5 nitrogen and oxygen atoms in total. The van der Waals surface area contributed by atoms with Crippen molar-refractivity contribution in [1.82, 2.24) is 4.98 Å². The van der Waals surface area contributed by atoms with Crippen LogP contribution in [0.3, 0.4) is 0 Å². The number of para-hydroxylation sites is 1. The molecule has 0 unspecified atom stereocenters. The molecule has 6 heteroatoms. The van der Waals surface area contributed by atoms with Gasteiger partial charge < -0.3 is 10.2 Å². The van der Waals surface area contributed by atoms with Gasteiger partial charge in [-0.2, -0.15) is 0 Å². The molecule has 1 fully saturated rings. The topological polar surface area (TPSA) is 62.3 Å². The summed E-state index contributed by atoms with van der Waals surface area (Å²) < 4.78 is 0. The Morgan fingerprint density at radius 3 is 2.82 bits per heavy atom. The van der Waals surface area contributed by atoms with Crippen molar-refractivity contribution in [3.05, 3.63) is 40.9 Å². The van der Waals surface area contributed by atoms with Gasteiger partial charge in [-0.15, -0.1) is 11.3 Å². The summed E-state index contributed by atoms with van der Waals surface area (Å²) >= 11 is 1.43. The molecule has 3 rings (SSSR count). The van der Waals surface area contributed by atoms with E-state index in [1.807, 2.05) is 38.1 Å². The lowest BCUT2D eigenvalue weighted by molar-refractivity contribution is -0.122. The van der Waals surface area contributed by atoms with Crippen LogP contribution in [0.4, 0.5) is 10.8 Å². The highest BCUT2D eigenvalue weighted by molar-refractivity contribution is 7.15. The standard InChI is InChI=1S/C16H17N3O2S/c1-10-5-3-4-6-13(10)19-9-12(7-14(19)20)15(21)18-16-17-8-11(2)22-16/h3-6,8,12H,7,9H2,1-2H3,(H,17,18,21)/t12-/m1/s1. The van der Waals surface area contributed by atoms with Gasteiger partial charge in [0.25, 0.3) is 0 Å². The van der Waals surface area contributed by atoms with Crippen LogP contribution >= 0.6 is 11.3 Å². The van der Waals surface area contributed by atoms with Crippen LogP contribution in [0.2, 0.25) is 0 Å². The van der Waals surface area contributed by atoms with Gasteiger partial charge in [-0.05, 0) is 25.5 Å². The van der Waals surface area contributed by atoms with Crippen LogP contribution in [0, 0.1) is 19.8 Å². The summed E-state index contributed by atoms with van der Waals surface area (Å²) in [6, 6.07) is 7.72. The Hall–Kier alpha value is -2.21. The smallest absolute Gasteiger partial charge is 0.231 e. The Morgan fingerprint density at radius 2 is 2.14 bits per heavy atom. The van der Waals surface area contributed by atoms with Crippen molar-refractivity contribution in [2.75, 3.05) is 16.8 Å². The molecule has 1 N–H and O–H groups in total. The lowest BCUT2D eigenvalue weighted by atomic mass is 10.1. The monoisotopic (exact) mass is 315 g/mol. The third-order valence-corrected chi connectivity index (χ3v) is 4.58. The summed E-state index contributed by atoms with van der Waals surface area (Å²) in [4.78, 5) is 31.4. The van der Waals surface area contributed by atoms with Crippen LogP contribution in [0.25, 0.3) is 0 Å². The lowest BCUT2D eigenvalue weighted by Gasteiger charge is -2.18. The number of nitrogens with one attached hydrogen (secondary N) is 1. The molecule has 2 aromatic rings. The number of aryl methyl sites for hydroxylation is 2. The average molecular weight is 315 g/mol. The van der Waals surface area contributed by atoms with Crippen LogP contribution in [0.5, 0.6) is 0 Å². The average Bonchev–Trinajstić information content (AvgIpc) is 3.06. The van der Waals surface area contributed by atoms with Crippen molar-refractivity contribution in [2.45, 2.75) is 20.3 Å². The number of aromatic nitrogens is 1. The minimum absolute atomic E-state index is 0.00947. The van der Waals surface area contributed by atoms with Gasteiger partial charge in [0.05, 0.1) is 5.92 Å². The molecular formula is C16H17N3O2S. The summed E-state index contributed by atoms with van der Waals surface area (Å²) in [5.41, 5.74) is 1.92. The number of carbonyl (C=O) groups excluding carboxylic acids is 2. The number of nitrogens with zero attached hydrogens (tertiary/aromatic N) is 2. The first-order valence-corrected chi connectivity index (χ1v) is 7.95. The van der Waals surface area contributed by atoms with E-state index in [2.05, 4.69) is 10.3 Å². The summed E-state index contributed by atoms with van der Waals surface area (Å²) in [5, 5.41) is 3.39. The third kappa shape index (κ3) is 2.87. The first-order valence-electron chi connectivity index (χ1n) is 7.14. The van der Waals surface area contributed by atoms with E-state index in [4.69, 9.17) is 0 Å². The number of rotatable bonds is 3. The van der Waals surface area contributed by atoms with E-state index in [9.17, 15) is 9.59 Å². The maximum Gasteiger partial charge on any atom is 0.231 e. The molecule has 1 aliphatic heterocycles. The number of benzene rings is 1. The summed E-state index contributed by atoms with van der Waals surface area (Å²) in [6.45, 7) is 4.32. The fourth-order valence-corrected chi connectivity index (χ4v) is 3.27. The maximum absolute atomic E-state index is 12.3. The Bertz CT molecular complexity index is 726. The molecule has 0 spiro atoms. The molecule has 0 radical (unpaired) electrons. The van der Waals surface area contributed by atoms with Gasteiger partial charge >= 0.3 is 0 Å². The molecule has 0 saturated carbocycles.